The summed E-state index contributed by atoms with van der Waals surface area (Å²) in [5.74, 6) is 0. The average Bonchev–Trinajstić information content (AvgIpc) is 4.11. The minimum atomic E-state index is -0.457. The first kappa shape index (κ1) is 35.1. The molecule has 2 heteroatoms. The number of para-hydroxylation sites is 2. The molecule has 0 aliphatic heterocycles. The third kappa shape index (κ3) is 4.48. The largest absolute Gasteiger partial charge is 0.456 e. The molecule has 13 aromatic rings. The van der Waals surface area contributed by atoms with Gasteiger partial charge in [0.15, 0.2) is 0 Å². The van der Waals surface area contributed by atoms with Crippen molar-refractivity contribution in [3.8, 4) is 55.6 Å². The number of benzene rings is 11. The van der Waals surface area contributed by atoms with Gasteiger partial charge in [0, 0.05) is 21.5 Å². The van der Waals surface area contributed by atoms with Crippen molar-refractivity contribution in [1.82, 2.24) is 0 Å². The Balaban J connectivity index is 1.11. The molecule has 0 bridgehead atoms. The molecule has 0 fully saturated rings. The summed E-state index contributed by atoms with van der Waals surface area (Å²) in [4.78, 5) is 0. The second-order valence-corrected chi connectivity index (χ2v) is 17.7. The van der Waals surface area contributed by atoms with Gasteiger partial charge in [-0.25, -0.2) is 0 Å². The van der Waals surface area contributed by atoms with E-state index in [1.165, 1.54) is 88.3 Å². The monoisotopic (exact) mass is 824 g/mol. The van der Waals surface area contributed by atoms with E-state index in [4.69, 9.17) is 8.83 Å². The fraction of sp³-hybridized carbons (Fsp3) is 0.0159. The molecule has 2 heterocycles. The zero-order valence-electron chi connectivity index (χ0n) is 35.1. The molecular formula is C63H36O2. The molecule has 0 unspecified atom stereocenters. The second-order valence-electron chi connectivity index (χ2n) is 17.7. The lowest BCUT2D eigenvalue weighted by molar-refractivity contribution is 0.668. The highest BCUT2D eigenvalue weighted by atomic mass is 16.3. The standard InChI is InChI=1S/C63H36O2/c1-6-28-51-39(16-1)40-17-2-7-29-52(40)63(51)53-30-8-3-18-45(53)60-48(27-13-31-54(60)63)59-43-23-11-21-37(41-25-14-34-57-61(41)46-19-4-9-32-55(46)64-57)49(43)36-50-38(22-12-24-44(50)59)42-26-15-35-58-62(42)47-20-5-10-33-56(47)65-58/h1-36H. The molecule has 0 saturated carbocycles. The van der Waals surface area contributed by atoms with Gasteiger partial charge < -0.3 is 8.83 Å². The lowest BCUT2D eigenvalue weighted by atomic mass is 9.70. The summed E-state index contributed by atoms with van der Waals surface area (Å²) < 4.78 is 13.0. The molecule has 11 aromatic carbocycles. The van der Waals surface area contributed by atoms with Gasteiger partial charge in [0.1, 0.15) is 22.3 Å². The highest BCUT2D eigenvalue weighted by molar-refractivity contribution is 6.24. The zero-order chi connectivity index (χ0) is 42.4. The molecule has 2 aliphatic carbocycles. The van der Waals surface area contributed by atoms with Gasteiger partial charge in [-0.1, -0.05) is 188 Å². The molecule has 300 valence electrons. The van der Waals surface area contributed by atoms with Gasteiger partial charge in [0.25, 0.3) is 0 Å². The maximum atomic E-state index is 6.51. The Morgan fingerprint density at radius 2 is 0.600 bits per heavy atom. The molecule has 2 aliphatic rings. The van der Waals surface area contributed by atoms with Gasteiger partial charge >= 0.3 is 0 Å². The van der Waals surface area contributed by atoms with Gasteiger partial charge in [0.05, 0.1) is 5.41 Å². The predicted molar refractivity (Wildman–Crippen MR) is 269 cm³/mol. The Labute approximate surface area is 374 Å². The van der Waals surface area contributed by atoms with Crippen LogP contribution in [0.3, 0.4) is 0 Å². The highest BCUT2D eigenvalue weighted by Crippen LogP contribution is 2.64. The third-order valence-corrected chi connectivity index (χ3v) is 14.7. The molecule has 0 atom stereocenters. The van der Waals surface area contributed by atoms with E-state index in [0.29, 0.717) is 0 Å². The maximum Gasteiger partial charge on any atom is 0.136 e. The van der Waals surface area contributed by atoms with Crippen LogP contribution in [-0.4, -0.2) is 0 Å². The van der Waals surface area contributed by atoms with E-state index in [-0.39, 0.29) is 0 Å². The van der Waals surface area contributed by atoms with Crippen LogP contribution in [0.5, 0.6) is 0 Å². The van der Waals surface area contributed by atoms with E-state index in [0.717, 1.165) is 55.0 Å². The van der Waals surface area contributed by atoms with Crippen LogP contribution in [0, 0.1) is 0 Å². The van der Waals surface area contributed by atoms with Crippen LogP contribution in [-0.2, 0) is 5.41 Å². The number of fused-ring (bicyclic) bond motifs is 18. The molecule has 0 amide bonds. The smallest absolute Gasteiger partial charge is 0.136 e. The van der Waals surface area contributed by atoms with Crippen LogP contribution in [0.25, 0.3) is 121 Å². The van der Waals surface area contributed by atoms with Crippen LogP contribution < -0.4 is 0 Å². The van der Waals surface area contributed by atoms with Crippen molar-refractivity contribution in [2.24, 2.45) is 0 Å². The second kappa shape index (κ2) is 12.8. The van der Waals surface area contributed by atoms with Crippen molar-refractivity contribution in [1.29, 1.82) is 0 Å². The van der Waals surface area contributed by atoms with Crippen molar-refractivity contribution < 1.29 is 8.83 Å². The summed E-state index contributed by atoms with van der Waals surface area (Å²) in [7, 11) is 0. The molecule has 15 rings (SSSR count). The lowest BCUT2D eigenvalue weighted by Crippen LogP contribution is -2.25. The SMILES string of the molecule is c1ccc2c(c1)-c1ccccc1C21c2ccccc2-c2c(-c3c4cccc(-c5cccc6oc7ccccc7c56)c4cc4c(-c5cccc6oc7ccccc7c56)cccc34)cccc21. The summed E-state index contributed by atoms with van der Waals surface area (Å²) in [5.41, 5.74) is 20.8. The third-order valence-electron chi connectivity index (χ3n) is 14.7. The molecular weight excluding hydrogens is 789 g/mol. The molecule has 2 aromatic heterocycles. The number of furan rings is 2. The molecule has 1 spiro atoms. The first-order valence-electron chi connectivity index (χ1n) is 22.5. The van der Waals surface area contributed by atoms with E-state index >= 15 is 0 Å². The van der Waals surface area contributed by atoms with E-state index < -0.39 is 5.41 Å². The van der Waals surface area contributed by atoms with Crippen molar-refractivity contribution in [2.45, 2.75) is 5.41 Å². The Morgan fingerprint density at radius 3 is 1.17 bits per heavy atom. The first-order chi connectivity index (χ1) is 32.3. The zero-order valence-corrected chi connectivity index (χ0v) is 35.1. The van der Waals surface area contributed by atoms with Crippen molar-refractivity contribution in [3.05, 3.63) is 241 Å². The Bertz CT molecular complexity index is 3980. The highest BCUT2D eigenvalue weighted by Gasteiger charge is 2.52. The van der Waals surface area contributed by atoms with Crippen molar-refractivity contribution >= 4 is 65.4 Å². The van der Waals surface area contributed by atoms with Gasteiger partial charge in [0.2, 0.25) is 0 Å². The van der Waals surface area contributed by atoms with Gasteiger partial charge in [-0.05, 0) is 130 Å². The van der Waals surface area contributed by atoms with Crippen molar-refractivity contribution in [3.63, 3.8) is 0 Å². The van der Waals surface area contributed by atoms with Crippen LogP contribution in [0.1, 0.15) is 22.3 Å². The summed E-state index contributed by atoms with van der Waals surface area (Å²) in [5, 5.41) is 9.32. The van der Waals surface area contributed by atoms with Gasteiger partial charge in [-0.3, -0.25) is 0 Å². The topological polar surface area (TPSA) is 26.3 Å². The van der Waals surface area contributed by atoms with Crippen LogP contribution >= 0.6 is 0 Å². The van der Waals surface area contributed by atoms with Crippen molar-refractivity contribution in [2.75, 3.05) is 0 Å². The minimum absolute atomic E-state index is 0.457. The number of hydrogen-bond donors (Lipinski definition) is 0. The fourth-order valence-corrected chi connectivity index (χ4v) is 12.3. The Hall–Kier alpha value is -8.46. The average molecular weight is 825 g/mol. The lowest BCUT2D eigenvalue weighted by Gasteiger charge is -2.30. The molecule has 0 saturated heterocycles. The Kier molecular flexibility index (Phi) is 6.91. The molecule has 2 nitrogen and oxygen atoms in total. The summed E-state index contributed by atoms with van der Waals surface area (Å²) in [6, 6.07) is 80.5. The predicted octanol–water partition coefficient (Wildman–Crippen LogP) is 17.1. The normalized spacial score (nSPS) is 13.4. The Morgan fingerprint density at radius 1 is 0.231 bits per heavy atom. The maximum absolute atomic E-state index is 6.51. The quantitative estimate of drug-likeness (QED) is 0.166. The summed E-state index contributed by atoms with van der Waals surface area (Å²) >= 11 is 0. The minimum Gasteiger partial charge on any atom is -0.456 e. The van der Waals surface area contributed by atoms with E-state index in [1.54, 1.807) is 0 Å². The number of rotatable bonds is 3. The van der Waals surface area contributed by atoms with E-state index in [1.807, 2.05) is 0 Å². The van der Waals surface area contributed by atoms with Crippen LogP contribution in [0.15, 0.2) is 227 Å². The van der Waals surface area contributed by atoms with Gasteiger partial charge in [-0.2, -0.15) is 0 Å². The van der Waals surface area contributed by atoms with Gasteiger partial charge in [-0.15, -0.1) is 0 Å². The molecule has 0 radical (unpaired) electrons. The van der Waals surface area contributed by atoms with E-state index in [2.05, 4.69) is 218 Å². The summed E-state index contributed by atoms with van der Waals surface area (Å²) in [6.07, 6.45) is 0. The first-order valence-corrected chi connectivity index (χ1v) is 22.5. The molecule has 0 N–H and O–H groups in total. The van der Waals surface area contributed by atoms with E-state index in [9.17, 15) is 0 Å². The van der Waals surface area contributed by atoms with Crippen LogP contribution in [0.2, 0.25) is 0 Å². The fourth-order valence-electron chi connectivity index (χ4n) is 12.3. The number of hydrogen-bond acceptors (Lipinski definition) is 2. The molecule has 65 heavy (non-hydrogen) atoms. The summed E-state index contributed by atoms with van der Waals surface area (Å²) in [6.45, 7) is 0. The van der Waals surface area contributed by atoms with Crippen LogP contribution in [0.4, 0.5) is 0 Å².